The smallest absolute Gasteiger partial charge is 0.249 e. The highest BCUT2D eigenvalue weighted by molar-refractivity contribution is 7.15. The first kappa shape index (κ1) is 31.7. The molecule has 226 valence electrons. The fourth-order valence-corrected chi connectivity index (χ4v) is 5.11. The van der Waals surface area contributed by atoms with E-state index in [9.17, 15) is 19.8 Å². The van der Waals surface area contributed by atoms with E-state index in [0.717, 1.165) is 53.1 Å². The highest BCUT2D eigenvalue weighted by Gasteiger charge is 2.13. The fraction of sp³-hybridized carbons (Fsp3) is 0.355. The lowest BCUT2D eigenvalue weighted by Gasteiger charge is -2.13. The molecule has 2 atom stereocenters. The molecule has 0 aliphatic heterocycles. The summed E-state index contributed by atoms with van der Waals surface area (Å²) >= 11 is 1.36. The van der Waals surface area contributed by atoms with Gasteiger partial charge in [0.2, 0.25) is 16.9 Å². The monoisotopic (exact) mass is 603 g/mol. The number of aliphatic hydroxyl groups is 2. The molecule has 0 aliphatic rings. The van der Waals surface area contributed by atoms with Crippen molar-refractivity contribution in [1.29, 1.82) is 0 Å². The molecule has 0 spiro atoms. The zero-order valence-electron chi connectivity index (χ0n) is 24.1. The van der Waals surface area contributed by atoms with Gasteiger partial charge in [0.05, 0.1) is 12.1 Å². The van der Waals surface area contributed by atoms with E-state index in [1.54, 1.807) is 6.92 Å². The molecule has 2 aromatic carbocycles. The Bertz CT molecular complexity index is 1450. The number of nitrogens with zero attached hydrogens (tertiary/aromatic N) is 4. The van der Waals surface area contributed by atoms with Gasteiger partial charge < -0.3 is 26.2 Å². The van der Waals surface area contributed by atoms with Crippen molar-refractivity contribution in [2.75, 3.05) is 10.6 Å². The lowest BCUT2D eigenvalue weighted by Crippen LogP contribution is -2.33. The Morgan fingerprint density at radius 2 is 1.63 bits per heavy atom. The number of aromatic nitrogens is 4. The van der Waals surface area contributed by atoms with Crippen LogP contribution in [0.2, 0.25) is 0 Å². The quantitative estimate of drug-likeness (QED) is 0.0954. The van der Waals surface area contributed by atoms with Gasteiger partial charge in [-0.2, -0.15) is 5.10 Å². The molecule has 4 aromatic rings. The molecule has 0 aliphatic carbocycles. The molecular weight excluding hydrogens is 566 g/mol. The number of amides is 2. The van der Waals surface area contributed by atoms with Crippen LogP contribution in [-0.2, 0) is 41.8 Å². The van der Waals surface area contributed by atoms with E-state index in [2.05, 4.69) is 36.3 Å². The average molecular weight is 604 g/mol. The SMILES string of the molecule is CCC(O)C(=O)NCc1cccc(CC(=O)Nc2nnc(CCCCc3ccc(NC(O)Cc4ccccc4)nn3)s2)c1. The number of hydrogen-bond donors (Lipinski definition) is 5. The first-order chi connectivity index (χ1) is 20.9. The second-order valence-electron chi connectivity index (χ2n) is 10.2. The molecule has 11 nitrogen and oxygen atoms in total. The minimum absolute atomic E-state index is 0.162. The maximum absolute atomic E-state index is 12.6. The van der Waals surface area contributed by atoms with E-state index in [4.69, 9.17) is 0 Å². The minimum Gasteiger partial charge on any atom is -0.383 e. The second-order valence-corrected chi connectivity index (χ2v) is 11.2. The van der Waals surface area contributed by atoms with Crippen LogP contribution in [-0.4, -0.2) is 54.8 Å². The number of carbonyl (C=O) groups excluding carboxylic acids is 2. The molecule has 2 aromatic heterocycles. The van der Waals surface area contributed by atoms with Gasteiger partial charge in [0, 0.05) is 19.4 Å². The van der Waals surface area contributed by atoms with Crippen molar-refractivity contribution >= 4 is 34.1 Å². The summed E-state index contributed by atoms with van der Waals surface area (Å²) in [6.45, 7) is 2.02. The Balaban J connectivity index is 1.14. The third-order valence-corrected chi connectivity index (χ3v) is 7.50. The molecule has 2 amide bonds. The van der Waals surface area contributed by atoms with Crippen LogP contribution in [0.1, 0.15) is 53.6 Å². The molecule has 0 fully saturated rings. The molecule has 0 saturated heterocycles. The maximum atomic E-state index is 12.6. The van der Waals surface area contributed by atoms with E-state index in [-0.39, 0.29) is 18.9 Å². The number of hydrogen-bond acceptors (Lipinski definition) is 10. The summed E-state index contributed by atoms with van der Waals surface area (Å²) in [7, 11) is 0. The van der Waals surface area contributed by atoms with Crippen LogP contribution in [0.25, 0.3) is 0 Å². The molecule has 12 heteroatoms. The van der Waals surface area contributed by atoms with Crippen molar-refractivity contribution in [2.45, 2.75) is 70.7 Å². The topological polar surface area (TPSA) is 162 Å². The van der Waals surface area contributed by atoms with Crippen molar-refractivity contribution in [2.24, 2.45) is 0 Å². The third kappa shape index (κ3) is 10.8. The van der Waals surface area contributed by atoms with Gasteiger partial charge in [-0.1, -0.05) is 72.9 Å². The molecular formula is C31H37N7O4S. The highest BCUT2D eigenvalue weighted by Crippen LogP contribution is 2.18. The van der Waals surface area contributed by atoms with Gasteiger partial charge in [0.1, 0.15) is 17.3 Å². The Morgan fingerprint density at radius 3 is 2.40 bits per heavy atom. The molecule has 0 saturated carbocycles. The third-order valence-electron chi connectivity index (χ3n) is 6.61. The van der Waals surface area contributed by atoms with E-state index in [0.29, 0.717) is 23.8 Å². The van der Waals surface area contributed by atoms with Crippen LogP contribution in [0.3, 0.4) is 0 Å². The van der Waals surface area contributed by atoms with Crippen molar-refractivity contribution in [1.82, 2.24) is 25.7 Å². The Kier molecular flexibility index (Phi) is 12.1. The molecule has 43 heavy (non-hydrogen) atoms. The Morgan fingerprint density at radius 1 is 0.860 bits per heavy atom. The number of benzene rings is 2. The van der Waals surface area contributed by atoms with E-state index >= 15 is 0 Å². The van der Waals surface area contributed by atoms with E-state index < -0.39 is 18.2 Å². The Labute approximate surface area is 254 Å². The fourth-order valence-electron chi connectivity index (χ4n) is 4.31. The summed E-state index contributed by atoms with van der Waals surface area (Å²) in [5, 5.41) is 46.4. The Hall–Kier alpha value is -4.26. The zero-order chi connectivity index (χ0) is 30.4. The molecule has 0 bridgehead atoms. The molecule has 2 unspecified atom stereocenters. The predicted octanol–water partition coefficient (Wildman–Crippen LogP) is 3.43. The summed E-state index contributed by atoms with van der Waals surface area (Å²) in [5.41, 5.74) is 3.56. The largest absolute Gasteiger partial charge is 0.383 e. The normalized spacial score (nSPS) is 12.3. The van der Waals surface area contributed by atoms with Crippen molar-refractivity contribution in [3.05, 3.63) is 94.1 Å². The summed E-state index contributed by atoms with van der Waals surface area (Å²) < 4.78 is 0. The molecule has 2 heterocycles. The first-order valence-electron chi connectivity index (χ1n) is 14.3. The standard InChI is InChI=1S/C31H37N7O4S/c1-2-25(39)30(42)32-20-23-12-8-11-22(17-23)19-28(41)34-31-38-37-29(43-31)14-7-6-13-24-15-16-26(36-35-24)33-27(40)18-21-9-4-3-5-10-21/h3-5,8-12,15-17,25,27,39-40H,2,6-7,13-14,18-20H2,1H3,(H,32,42)(H,33,36)(H,34,38,41). The number of rotatable bonds is 16. The summed E-state index contributed by atoms with van der Waals surface area (Å²) in [6, 6.07) is 20.9. The van der Waals surface area contributed by atoms with Gasteiger partial charge in [-0.15, -0.1) is 15.3 Å². The van der Waals surface area contributed by atoms with Gasteiger partial charge >= 0.3 is 0 Å². The van der Waals surface area contributed by atoms with Gasteiger partial charge in [0.25, 0.3) is 0 Å². The average Bonchev–Trinajstić information content (AvgIpc) is 3.45. The predicted molar refractivity (Wildman–Crippen MR) is 165 cm³/mol. The minimum atomic E-state index is -1.02. The van der Waals surface area contributed by atoms with Gasteiger partial charge in [-0.05, 0) is 54.5 Å². The zero-order valence-corrected chi connectivity index (χ0v) is 24.9. The van der Waals surface area contributed by atoms with Crippen LogP contribution in [0.5, 0.6) is 0 Å². The lowest BCUT2D eigenvalue weighted by atomic mass is 10.1. The number of unbranched alkanes of at least 4 members (excludes halogenated alkanes) is 1. The molecule has 0 radical (unpaired) electrons. The van der Waals surface area contributed by atoms with E-state index in [1.807, 2.05) is 66.7 Å². The van der Waals surface area contributed by atoms with Crippen LogP contribution < -0.4 is 16.0 Å². The van der Waals surface area contributed by atoms with Crippen LogP contribution in [0, 0.1) is 0 Å². The first-order valence-corrected chi connectivity index (χ1v) is 15.2. The maximum Gasteiger partial charge on any atom is 0.249 e. The van der Waals surface area contributed by atoms with Crippen molar-refractivity contribution in [3.63, 3.8) is 0 Å². The lowest BCUT2D eigenvalue weighted by molar-refractivity contribution is -0.129. The molecule has 5 N–H and O–H groups in total. The van der Waals surface area contributed by atoms with Crippen molar-refractivity contribution < 1.29 is 19.8 Å². The van der Waals surface area contributed by atoms with E-state index in [1.165, 1.54) is 11.3 Å². The van der Waals surface area contributed by atoms with Crippen molar-refractivity contribution in [3.8, 4) is 0 Å². The van der Waals surface area contributed by atoms with Crippen LogP contribution in [0.4, 0.5) is 10.9 Å². The van der Waals surface area contributed by atoms with Gasteiger partial charge in [-0.25, -0.2) is 0 Å². The van der Waals surface area contributed by atoms with Crippen LogP contribution >= 0.6 is 11.3 Å². The number of carbonyl (C=O) groups is 2. The molecule has 4 rings (SSSR count). The summed E-state index contributed by atoms with van der Waals surface area (Å²) in [5.74, 6) is -0.0841. The number of aliphatic hydroxyl groups excluding tert-OH is 2. The number of anilines is 2. The number of aryl methyl sites for hydroxylation is 2. The second kappa shape index (κ2) is 16.4. The highest BCUT2D eigenvalue weighted by atomic mass is 32.1. The summed E-state index contributed by atoms with van der Waals surface area (Å²) in [6.07, 6.45) is 2.52. The number of nitrogens with one attached hydrogen (secondary N) is 3. The van der Waals surface area contributed by atoms with Gasteiger partial charge in [0.15, 0.2) is 5.82 Å². The van der Waals surface area contributed by atoms with Crippen LogP contribution in [0.15, 0.2) is 66.7 Å². The summed E-state index contributed by atoms with van der Waals surface area (Å²) in [4.78, 5) is 24.4. The van der Waals surface area contributed by atoms with Gasteiger partial charge in [-0.3, -0.25) is 9.59 Å².